The van der Waals surface area contributed by atoms with Crippen molar-refractivity contribution < 1.29 is 0 Å². The van der Waals surface area contributed by atoms with E-state index in [0.717, 1.165) is 50.3 Å². The minimum absolute atomic E-state index is 0.424. The lowest BCUT2D eigenvalue weighted by Crippen LogP contribution is -2.43. The summed E-state index contributed by atoms with van der Waals surface area (Å²) in [5.41, 5.74) is 8.32. The highest BCUT2D eigenvalue weighted by Gasteiger charge is 2.26. The molecular weight excluding hydrogens is 332 g/mol. The summed E-state index contributed by atoms with van der Waals surface area (Å²) in [5, 5.41) is 4.07. The van der Waals surface area contributed by atoms with Crippen LogP contribution in [0, 0.1) is 0 Å². The molecule has 1 heterocycles. The molecule has 0 spiro atoms. The summed E-state index contributed by atoms with van der Waals surface area (Å²) in [6, 6.07) is 0.880. The number of nitrogens with one attached hydrogen (secondary N) is 1. The van der Waals surface area contributed by atoms with E-state index >= 15 is 0 Å². The zero-order valence-corrected chi connectivity index (χ0v) is 16.4. The van der Waals surface area contributed by atoms with Gasteiger partial charge in [0.15, 0.2) is 5.11 Å². The van der Waals surface area contributed by atoms with Crippen molar-refractivity contribution in [2.45, 2.75) is 63.5 Å². The van der Waals surface area contributed by atoms with Crippen LogP contribution in [0.5, 0.6) is 0 Å². The van der Waals surface area contributed by atoms with Crippen LogP contribution in [0.15, 0.2) is 0 Å². The molecule has 6 nitrogen and oxygen atoms in total. The molecule has 1 aromatic rings. The Hall–Kier alpha value is -1.63. The third-order valence-corrected chi connectivity index (χ3v) is 5.80. The summed E-state index contributed by atoms with van der Waals surface area (Å²) < 4.78 is 0. The number of thiocarbonyl (C=S) groups is 1. The molecule has 0 bridgehead atoms. The minimum atomic E-state index is 0.424. The van der Waals surface area contributed by atoms with Crippen molar-refractivity contribution in [1.29, 1.82) is 0 Å². The molecule has 1 fully saturated rings. The first-order valence-electron chi connectivity index (χ1n) is 9.31. The average molecular weight is 363 g/mol. The van der Waals surface area contributed by atoms with Crippen LogP contribution in [-0.2, 0) is 12.8 Å². The Labute approximate surface area is 156 Å². The maximum Gasteiger partial charge on any atom is 0.225 e. The van der Waals surface area contributed by atoms with Gasteiger partial charge < -0.3 is 20.9 Å². The van der Waals surface area contributed by atoms with Gasteiger partial charge in [0.2, 0.25) is 5.95 Å². The Morgan fingerprint density at radius 2 is 1.76 bits per heavy atom. The zero-order valence-electron chi connectivity index (χ0n) is 15.6. The van der Waals surface area contributed by atoms with Crippen LogP contribution in [0.3, 0.4) is 0 Å². The molecule has 138 valence electrons. The third kappa shape index (κ3) is 4.14. The lowest BCUT2D eigenvalue weighted by molar-refractivity contribution is 0.269. The van der Waals surface area contributed by atoms with Crippen LogP contribution < -0.4 is 16.0 Å². The first-order chi connectivity index (χ1) is 12.0. The second-order valence-corrected chi connectivity index (χ2v) is 7.91. The Morgan fingerprint density at radius 3 is 2.40 bits per heavy atom. The van der Waals surface area contributed by atoms with Gasteiger partial charge in [-0.1, -0.05) is 0 Å². The fourth-order valence-corrected chi connectivity index (χ4v) is 4.13. The number of aromatic nitrogens is 2. The van der Waals surface area contributed by atoms with Crippen molar-refractivity contribution >= 4 is 29.1 Å². The molecule has 3 rings (SSSR count). The van der Waals surface area contributed by atoms with E-state index in [-0.39, 0.29) is 0 Å². The van der Waals surface area contributed by atoms with Crippen LogP contribution in [0.2, 0.25) is 0 Å². The molecule has 0 atom stereocenters. The number of anilines is 2. The number of hydrogen-bond acceptors (Lipinski definition) is 5. The highest BCUT2D eigenvalue weighted by atomic mass is 32.1. The normalized spacial score (nSPS) is 22.8. The molecule has 0 aliphatic heterocycles. The quantitative estimate of drug-likeness (QED) is 0.797. The van der Waals surface area contributed by atoms with E-state index in [2.05, 4.69) is 24.3 Å². The molecule has 1 saturated carbocycles. The van der Waals surface area contributed by atoms with Crippen molar-refractivity contribution in [3.63, 3.8) is 0 Å². The van der Waals surface area contributed by atoms with Gasteiger partial charge in [-0.25, -0.2) is 4.98 Å². The van der Waals surface area contributed by atoms with Crippen molar-refractivity contribution in [2.75, 3.05) is 31.4 Å². The Kier molecular flexibility index (Phi) is 5.61. The largest absolute Gasteiger partial charge is 0.376 e. The van der Waals surface area contributed by atoms with Crippen LogP contribution in [-0.4, -0.2) is 53.2 Å². The summed E-state index contributed by atoms with van der Waals surface area (Å²) in [6.07, 6.45) is 9.01. The van der Waals surface area contributed by atoms with E-state index in [0.29, 0.717) is 17.2 Å². The summed E-state index contributed by atoms with van der Waals surface area (Å²) in [5.74, 6) is 1.87. The van der Waals surface area contributed by atoms with Crippen molar-refractivity contribution in [2.24, 2.45) is 5.73 Å². The molecule has 2 aliphatic rings. The highest BCUT2D eigenvalue weighted by Crippen LogP contribution is 2.29. The lowest BCUT2D eigenvalue weighted by atomic mass is 9.90. The van der Waals surface area contributed by atoms with Crippen molar-refractivity contribution in [3.8, 4) is 0 Å². The van der Waals surface area contributed by atoms with Gasteiger partial charge in [0, 0.05) is 38.8 Å². The fourth-order valence-electron chi connectivity index (χ4n) is 3.98. The molecule has 0 unspecified atom stereocenters. The van der Waals surface area contributed by atoms with E-state index in [1.807, 2.05) is 11.9 Å². The Morgan fingerprint density at radius 1 is 1.08 bits per heavy atom. The molecule has 0 aromatic carbocycles. The SMILES string of the molecule is CN(C)c1nc(N[C@H]2CC[C@@H](N(C)C(N)=S)CC2)nc2c1CCCC2. The van der Waals surface area contributed by atoms with E-state index in [1.165, 1.54) is 24.1 Å². The molecule has 0 radical (unpaired) electrons. The minimum Gasteiger partial charge on any atom is -0.376 e. The molecular formula is C18H30N6S. The molecule has 2 aliphatic carbocycles. The van der Waals surface area contributed by atoms with Crippen molar-refractivity contribution in [1.82, 2.24) is 14.9 Å². The molecule has 0 amide bonds. The number of nitrogens with zero attached hydrogens (tertiary/aromatic N) is 4. The summed E-state index contributed by atoms with van der Waals surface area (Å²) in [4.78, 5) is 13.8. The summed E-state index contributed by atoms with van der Waals surface area (Å²) in [7, 11) is 6.13. The summed E-state index contributed by atoms with van der Waals surface area (Å²) in [6.45, 7) is 0. The van der Waals surface area contributed by atoms with E-state index in [1.54, 1.807) is 0 Å². The smallest absolute Gasteiger partial charge is 0.225 e. The second kappa shape index (κ2) is 7.72. The van der Waals surface area contributed by atoms with Gasteiger partial charge >= 0.3 is 0 Å². The fraction of sp³-hybridized carbons (Fsp3) is 0.722. The lowest BCUT2D eigenvalue weighted by Gasteiger charge is -2.35. The number of nitrogens with two attached hydrogens (primary N) is 1. The van der Waals surface area contributed by atoms with Crippen LogP contribution in [0.1, 0.15) is 49.8 Å². The van der Waals surface area contributed by atoms with E-state index in [9.17, 15) is 0 Å². The topological polar surface area (TPSA) is 70.3 Å². The number of aryl methyl sites for hydroxylation is 1. The first-order valence-corrected chi connectivity index (χ1v) is 9.72. The van der Waals surface area contributed by atoms with E-state index in [4.69, 9.17) is 27.9 Å². The Balaban J connectivity index is 1.68. The van der Waals surface area contributed by atoms with Crippen molar-refractivity contribution in [3.05, 3.63) is 11.3 Å². The van der Waals surface area contributed by atoms with Gasteiger partial charge in [-0.05, 0) is 63.6 Å². The van der Waals surface area contributed by atoms with Gasteiger partial charge in [0.05, 0.1) is 5.69 Å². The predicted molar refractivity (Wildman–Crippen MR) is 107 cm³/mol. The van der Waals surface area contributed by atoms with Gasteiger partial charge in [-0.15, -0.1) is 0 Å². The van der Waals surface area contributed by atoms with Gasteiger partial charge in [-0.3, -0.25) is 0 Å². The van der Waals surface area contributed by atoms with Crippen LogP contribution in [0.25, 0.3) is 0 Å². The standard InChI is InChI=1S/C18H30N6S/c1-23(2)16-14-6-4-5-7-15(14)21-18(22-16)20-12-8-10-13(11-9-12)24(3)17(19)25/h12-13H,4-11H2,1-3H3,(H2,19,25)(H,20,21,22)/t12-,13+. The molecule has 25 heavy (non-hydrogen) atoms. The van der Waals surface area contributed by atoms with Gasteiger partial charge in [0.25, 0.3) is 0 Å². The second-order valence-electron chi connectivity index (χ2n) is 7.50. The highest BCUT2D eigenvalue weighted by molar-refractivity contribution is 7.80. The number of rotatable bonds is 4. The maximum absolute atomic E-state index is 5.75. The van der Waals surface area contributed by atoms with Crippen LogP contribution >= 0.6 is 12.2 Å². The average Bonchev–Trinajstić information content (AvgIpc) is 2.61. The number of fused-ring (bicyclic) bond motifs is 1. The predicted octanol–water partition coefficient (Wildman–Crippen LogP) is 2.32. The van der Waals surface area contributed by atoms with E-state index < -0.39 is 0 Å². The first kappa shape index (κ1) is 18.2. The summed E-state index contributed by atoms with van der Waals surface area (Å²) >= 11 is 5.09. The molecule has 1 aromatic heterocycles. The monoisotopic (exact) mass is 362 g/mol. The van der Waals surface area contributed by atoms with Gasteiger partial charge in [-0.2, -0.15) is 4.98 Å². The Bertz CT molecular complexity index is 624. The number of hydrogen-bond donors (Lipinski definition) is 2. The maximum atomic E-state index is 5.75. The zero-order chi connectivity index (χ0) is 18.0. The van der Waals surface area contributed by atoms with Gasteiger partial charge in [0.1, 0.15) is 5.82 Å². The third-order valence-electron chi connectivity index (χ3n) is 5.51. The molecule has 0 saturated heterocycles. The molecule has 3 N–H and O–H groups in total. The molecule has 7 heteroatoms. The van der Waals surface area contributed by atoms with Crippen LogP contribution in [0.4, 0.5) is 11.8 Å².